The van der Waals surface area contributed by atoms with Crippen molar-refractivity contribution in [2.45, 2.75) is 37.6 Å². The van der Waals surface area contributed by atoms with Gasteiger partial charge in [-0.25, -0.2) is 4.98 Å². The fourth-order valence-corrected chi connectivity index (χ4v) is 4.25. The van der Waals surface area contributed by atoms with E-state index in [-0.39, 0.29) is 5.75 Å². The average Bonchev–Trinajstić information content (AvgIpc) is 3.13. The Balaban J connectivity index is 1.95. The molecule has 3 aromatic rings. The number of aromatic amines is 1. The van der Waals surface area contributed by atoms with Crippen LogP contribution in [0.2, 0.25) is 0 Å². The molecule has 0 aliphatic carbocycles. The molecule has 1 atom stereocenters. The number of methoxy groups -OCH3 is 2. The molecule has 146 valence electrons. The molecule has 0 saturated heterocycles. The molecule has 1 unspecified atom stereocenters. The quantitative estimate of drug-likeness (QED) is 0.655. The number of benzene rings is 1. The van der Waals surface area contributed by atoms with E-state index in [2.05, 4.69) is 21.0 Å². The van der Waals surface area contributed by atoms with E-state index in [1.807, 2.05) is 26.0 Å². The SMILES string of the molecule is COc1cc(CCC#N)c2nc(S(=O)Cc3ncc(C)c(OC)c3C)[nH]c2c1. The van der Waals surface area contributed by atoms with Crippen molar-refractivity contribution in [3.63, 3.8) is 0 Å². The molecule has 0 aliphatic heterocycles. The van der Waals surface area contributed by atoms with Crippen molar-refractivity contribution in [3.8, 4) is 17.6 Å². The first-order valence-corrected chi connectivity index (χ1v) is 10.1. The van der Waals surface area contributed by atoms with Crippen LogP contribution in [-0.4, -0.2) is 33.4 Å². The summed E-state index contributed by atoms with van der Waals surface area (Å²) in [7, 11) is 1.80. The van der Waals surface area contributed by atoms with Crippen molar-refractivity contribution in [1.82, 2.24) is 15.0 Å². The smallest absolute Gasteiger partial charge is 0.197 e. The number of imidazole rings is 1. The van der Waals surface area contributed by atoms with Gasteiger partial charge >= 0.3 is 0 Å². The Labute approximate surface area is 166 Å². The van der Waals surface area contributed by atoms with Crippen molar-refractivity contribution in [1.29, 1.82) is 5.26 Å². The van der Waals surface area contributed by atoms with Gasteiger partial charge in [0.15, 0.2) is 5.16 Å². The number of ether oxygens (including phenoxy) is 2. The zero-order valence-corrected chi connectivity index (χ0v) is 17.1. The zero-order valence-electron chi connectivity index (χ0n) is 16.3. The summed E-state index contributed by atoms with van der Waals surface area (Å²) in [5.41, 5.74) is 4.87. The lowest BCUT2D eigenvalue weighted by Crippen LogP contribution is -2.05. The molecule has 7 nitrogen and oxygen atoms in total. The summed E-state index contributed by atoms with van der Waals surface area (Å²) < 4.78 is 23.7. The Bertz CT molecular complexity index is 1090. The summed E-state index contributed by atoms with van der Waals surface area (Å²) in [5.74, 6) is 1.66. The number of H-pyrrole nitrogens is 1. The van der Waals surface area contributed by atoms with Crippen LogP contribution in [0.25, 0.3) is 11.0 Å². The minimum absolute atomic E-state index is 0.229. The Kier molecular flexibility index (Phi) is 5.95. The highest BCUT2D eigenvalue weighted by atomic mass is 32.2. The number of nitrogens with zero attached hydrogens (tertiary/aromatic N) is 3. The van der Waals surface area contributed by atoms with Gasteiger partial charge < -0.3 is 14.5 Å². The van der Waals surface area contributed by atoms with Crippen LogP contribution in [0.1, 0.15) is 28.8 Å². The first-order valence-electron chi connectivity index (χ1n) is 8.79. The van der Waals surface area contributed by atoms with Gasteiger partial charge in [0.1, 0.15) is 11.5 Å². The number of hydrogen-bond donors (Lipinski definition) is 1. The second-order valence-electron chi connectivity index (χ2n) is 6.42. The molecule has 1 aromatic carbocycles. The number of nitriles is 1. The van der Waals surface area contributed by atoms with E-state index in [1.54, 1.807) is 20.4 Å². The predicted molar refractivity (Wildman–Crippen MR) is 107 cm³/mol. The van der Waals surface area contributed by atoms with Crippen molar-refractivity contribution >= 4 is 21.8 Å². The van der Waals surface area contributed by atoms with Crippen LogP contribution in [0.3, 0.4) is 0 Å². The van der Waals surface area contributed by atoms with Gasteiger partial charge in [0, 0.05) is 29.8 Å². The fraction of sp³-hybridized carbons (Fsp3) is 0.350. The van der Waals surface area contributed by atoms with E-state index in [0.717, 1.165) is 28.0 Å². The molecule has 0 saturated carbocycles. The van der Waals surface area contributed by atoms with Crippen LogP contribution in [-0.2, 0) is 23.0 Å². The van der Waals surface area contributed by atoms with Gasteiger partial charge in [0.05, 0.1) is 53.6 Å². The lowest BCUT2D eigenvalue weighted by atomic mass is 10.1. The minimum Gasteiger partial charge on any atom is -0.497 e. The summed E-state index contributed by atoms with van der Waals surface area (Å²) in [5, 5.41) is 9.27. The van der Waals surface area contributed by atoms with E-state index >= 15 is 0 Å². The third-order valence-corrected chi connectivity index (χ3v) is 5.75. The van der Waals surface area contributed by atoms with E-state index in [0.29, 0.717) is 35.0 Å². The molecule has 0 aliphatic rings. The van der Waals surface area contributed by atoms with Crippen molar-refractivity contribution < 1.29 is 13.7 Å². The molecule has 2 heterocycles. The van der Waals surface area contributed by atoms with Crippen LogP contribution in [0.4, 0.5) is 0 Å². The monoisotopic (exact) mass is 398 g/mol. The van der Waals surface area contributed by atoms with Gasteiger partial charge in [0.2, 0.25) is 0 Å². The first kappa shape index (κ1) is 19.8. The maximum Gasteiger partial charge on any atom is 0.197 e. The van der Waals surface area contributed by atoms with Crippen LogP contribution in [0, 0.1) is 25.2 Å². The Hall–Kier alpha value is -2.92. The van der Waals surface area contributed by atoms with Gasteiger partial charge in [-0.1, -0.05) is 0 Å². The Morgan fingerprint density at radius 3 is 2.71 bits per heavy atom. The molecular formula is C20H22N4O3S. The van der Waals surface area contributed by atoms with E-state index in [9.17, 15) is 4.21 Å². The molecule has 8 heteroatoms. The highest BCUT2D eigenvalue weighted by Gasteiger charge is 2.17. The number of fused-ring (bicyclic) bond motifs is 1. The number of hydrogen-bond acceptors (Lipinski definition) is 6. The highest BCUT2D eigenvalue weighted by Crippen LogP contribution is 2.28. The molecule has 3 rings (SSSR count). The lowest BCUT2D eigenvalue weighted by molar-refractivity contribution is 0.407. The summed E-state index contributed by atoms with van der Waals surface area (Å²) >= 11 is 0. The van der Waals surface area contributed by atoms with E-state index in [1.165, 1.54) is 0 Å². The molecule has 0 bridgehead atoms. The van der Waals surface area contributed by atoms with E-state index in [4.69, 9.17) is 14.7 Å². The number of aryl methyl sites for hydroxylation is 2. The molecular weight excluding hydrogens is 376 g/mol. The zero-order chi connectivity index (χ0) is 20.3. The summed E-state index contributed by atoms with van der Waals surface area (Å²) in [6.45, 7) is 3.84. The van der Waals surface area contributed by atoms with Crippen molar-refractivity contribution in [2.75, 3.05) is 14.2 Å². The van der Waals surface area contributed by atoms with Gasteiger partial charge in [-0.3, -0.25) is 9.19 Å². The second kappa shape index (κ2) is 8.40. The minimum atomic E-state index is -1.41. The molecule has 0 radical (unpaired) electrons. The number of nitrogens with one attached hydrogen (secondary N) is 1. The van der Waals surface area contributed by atoms with Gasteiger partial charge in [0.25, 0.3) is 0 Å². The topological polar surface area (TPSA) is 101 Å². The largest absolute Gasteiger partial charge is 0.497 e. The maximum atomic E-state index is 13.0. The first-order chi connectivity index (χ1) is 13.5. The molecule has 0 spiro atoms. The predicted octanol–water partition coefficient (Wildman–Crippen LogP) is 3.36. The number of pyridine rings is 1. The van der Waals surface area contributed by atoms with Crippen molar-refractivity contribution in [2.24, 2.45) is 0 Å². The van der Waals surface area contributed by atoms with Crippen LogP contribution in [0.15, 0.2) is 23.5 Å². The van der Waals surface area contributed by atoms with Crippen LogP contribution < -0.4 is 9.47 Å². The highest BCUT2D eigenvalue weighted by molar-refractivity contribution is 7.84. The summed E-state index contributed by atoms with van der Waals surface area (Å²) in [6.07, 6.45) is 2.65. The lowest BCUT2D eigenvalue weighted by Gasteiger charge is -2.11. The standard InChI is InChI=1S/C20H22N4O3S/c1-12-10-22-17(13(2)19(12)27-4)11-28(25)20-23-16-9-15(26-3)8-14(6-5-7-21)18(16)24-20/h8-10H,5-6,11H2,1-4H3,(H,23,24). The van der Waals surface area contributed by atoms with Crippen molar-refractivity contribution in [3.05, 3.63) is 40.7 Å². The summed E-state index contributed by atoms with van der Waals surface area (Å²) in [4.78, 5) is 12.1. The van der Waals surface area contributed by atoms with Gasteiger partial charge in [-0.2, -0.15) is 5.26 Å². The summed E-state index contributed by atoms with van der Waals surface area (Å²) in [6, 6.07) is 5.82. The molecule has 2 aromatic heterocycles. The number of aromatic nitrogens is 3. The molecule has 28 heavy (non-hydrogen) atoms. The average molecular weight is 398 g/mol. The van der Waals surface area contributed by atoms with Gasteiger partial charge in [-0.05, 0) is 31.9 Å². The Morgan fingerprint density at radius 1 is 1.25 bits per heavy atom. The molecule has 0 fully saturated rings. The third kappa shape index (κ3) is 3.85. The van der Waals surface area contributed by atoms with E-state index < -0.39 is 10.8 Å². The number of rotatable bonds is 7. The van der Waals surface area contributed by atoms with Gasteiger partial charge in [-0.15, -0.1) is 0 Å². The van der Waals surface area contributed by atoms with Crippen LogP contribution >= 0.6 is 0 Å². The third-order valence-electron chi connectivity index (χ3n) is 4.59. The second-order valence-corrected chi connectivity index (χ2v) is 7.79. The van der Waals surface area contributed by atoms with Crippen LogP contribution in [0.5, 0.6) is 11.5 Å². The molecule has 1 N–H and O–H groups in total. The normalized spacial score (nSPS) is 12.0. The fourth-order valence-electron chi connectivity index (χ4n) is 3.15. The molecule has 0 amide bonds. The maximum absolute atomic E-state index is 13.0. The Morgan fingerprint density at radius 2 is 2.04 bits per heavy atom.